The lowest BCUT2D eigenvalue weighted by molar-refractivity contribution is -0.133. The molecular formula is C16H17F3N2O5S. The van der Waals surface area contributed by atoms with Gasteiger partial charge in [-0.25, -0.2) is 12.8 Å². The second kappa shape index (κ2) is 8.53. The van der Waals surface area contributed by atoms with Gasteiger partial charge >= 0.3 is 6.43 Å². The lowest BCUT2D eigenvalue weighted by Crippen LogP contribution is -2.43. The minimum Gasteiger partial charge on any atom is -0.386 e. The summed E-state index contributed by atoms with van der Waals surface area (Å²) < 4.78 is 65.1. The number of carbonyl (C=O) groups excluding carboxylic acids is 1. The van der Waals surface area contributed by atoms with E-state index < -0.39 is 41.0 Å². The van der Waals surface area contributed by atoms with E-state index in [1.54, 1.807) is 5.32 Å². The summed E-state index contributed by atoms with van der Waals surface area (Å²) >= 11 is 0. The Labute approximate surface area is 153 Å². The number of carbonyl (C=O) groups is 1. The van der Waals surface area contributed by atoms with Crippen molar-refractivity contribution in [3.05, 3.63) is 41.6 Å². The molecule has 1 aromatic carbocycles. The Balaban J connectivity index is 2.13. The Bertz CT molecular complexity index is 884. The van der Waals surface area contributed by atoms with Crippen molar-refractivity contribution in [1.82, 2.24) is 10.5 Å². The highest BCUT2D eigenvalue weighted by molar-refractivity contribution is 7.89. The molecule has 2 N–H and O–H groups in total. The van der Waals surface area contributed by atoms with Gasteiger partial charge < -0.3 is 14.9 Å². The van der Waals surface area contributed by atoms with Gasteiger partial charge in [-0.1, -0.05) is 29.4 Å². The summed E-state index contributed by atoms with van der Waals surface area (Å²) in [5, 5.41) is 15.5. The number of alkyl halides is 3. The molecule has 2 aromatic rings. The van der Waals surface area contributed by atoms with Crippen LogP contribution in [0.3, 0.4) is 0 Å². The molecule has 2 rings (SSSR count). The smallest absolute Gasteiger partial charge is 0.315 e. The number of nitrogens with zero attached hydrogens (tertiary/aromatic N) is 1. The normalized spacial score (nSPS) is 14.1. The molecular weight excluding hydrogens is 389 g/mol. The number of rotatable bonds is 8. The van der Waals surface area contributed by atoms with E-state index in [0.717, 1.165) is 6.26 Å². The first-order valence-corrected chi connectivity index (χ1v) is 9.73. The van der Waals surface area contributed by atoms with Crippen molar-refractivity contribution in [1.29, 1.82) is 0 Å². The second-order valence-electron chi connectivity index (χ2n) is 5.89. The Hall–Kier alpha value is -2.40. The number of amides is 1. The van der Waals surface area contributed by atoms with E-state index in [2.05, 4.69) is 5.16 Å². The van der Waals surface area contributed by atoms with Crippen LogP contribution in [0.2, 0.25) is 0 Å². The first-order valence-electron chi connectivity index (χ1n) is 7.67. The van der Waals surface area contributed by atoms with Crippen LogP contribution in [0.15, 0.2) is 34.9 Å². The molecule has 7 nitrogen and oxygen atoms in total. The fourth-order valence-electron chi connectivity index (χ4n) is 2.31. The van der Waals surface area contributed by atoms with Crippen molar-refractivity contribution in [3.8, 4) is 11.3 Å². The molecule has 0 radical (unpaired) electrons. The highest BCUT2D eigenvalue weighted by Crippen LogP contribution is 2.25. The number of hydrogen-bond donors (Lipinski definition) is 2. The first-order chi connectivity index (χ1) is 12.6. The van der Waals surface area contributed by atoms with E-state index in [-0.39, 0.29) is 22.8 Å². The van der Waals surface area contributed by atoms with Crippen LogP contribution >= 0.6 is 0 Å². The number of hydrogen-bond acceptors (Lipinski definition) is 6. The molecule has 0 aliphatic heterocycles. The molecule has 2 atom stereocenters. The molecule has 148 valence electrons. The van der Waals surface area contributed by atoms with E-state index in [4.69, 9.17) is 4.52 Å². The largest absolute Gasteiger partial charge is 0.386 e. The zero-order valence-electron chi connectivity index (χ0n) is 14.1. The molecule has 0 spiro atoms. The maximum absolute atomic E-state index is 13.0. The van der Waals surface area contributed by atoms with E-state index in [0.29, 0.717) is 5.56 Å². The van der Waals surface area contributed by atoms with Crippen LogP contribution in [0.1, 0.15) is 17.4 Å². The Morgan fingerprint density at radius 1 is 1.30 bits per heavy atom. The third kappa shape index (κ3) is 5.79. The van der Waals surface area contributed by atoms with Crippen LogP contribution in [-0.4, -0.2) is 50.0 Å². The van der Waals surface area contributed by atoms with Gasteiger partial charge in [0.1, 0.15) is 12.8 Å². The van der Waals surface area contributed by atoms with Crippen LogP contribution in [0.4, 0.5) is 13.2 Å². The Morgan fingerprint density at radius 3 is 2.44 bits per heavy atom. The van der Waals surface area contributed by atoms with Gasteiger partial charge in [-0.15, -0.1) is 0 Å². The molecule has 27 heavy (non-hydrogen) atoms. The van der Waals surface area contributed by atoms with Gasteiger partial charge in [0.2, 0.25) is 0 Å². The third-order valence-electron chi connectivity index (χ3n) is 3.58. The van der Waals surface area contributed by atoms with Gasteiger partial charge in [0.25, 0.3) is 5.91 Å². The average molecular weight is 406 g/mol. The van der Waals surface area contributed by atoms with Crippen molar-refractivity contribution in [2.24, 2.45) is 0 Å². The lowest BCUT2D eigenvalue weighted by Gasteiger charge is -2.21. The fraction of sp³-hybridized carbons (Fsp3) is 0.375. The van der Waals surface area contributed by atoms with E-state index >= 15 is 0 Å². The van der Waals surface area contributed by atoms with Gasteiger partial charge in [0, 0.05) is 17.9 Å². The SMILES string of the molecule is CS(=O)(=O)Cc1cc(-c2ccc([C@H](O)[C@@H](CF)NC(=O)C(F)F)cc2)on1. The van der Waals surface area contributed by atoms with Gasteiger partial charge in [0.15, 0.2) is 15.6 Å². The number of aliphatic hydroxyl groups is 1. The summed E-state index contributed by atoms with van der Waals surface area (Å²) in [4.78, 5) is 11.0. The van der Waals surface area contributed by atoms with E-state index in [1.807, 2.05) is 0 Å². The monoisotopic (exact) mass is 406 g/mol. The maximum atomic E-state index is 13.0. The summed E-state index contributed by atoms with van der Waals surface area (Å²) in [7, 11) is -3.27. The van der Waals surface area contributed by atoms with E-state index in [9.17, 15) is 31.5 Å². The molecule has 1 amide bonds. The molecule has 0 unspecified atom stereocenters. The molecule has 1 aromatic heterocycles. The third-order valence-corrected chi connectivity index (χ3v) is 4.40. The lowest BCUT2D eigenvalue weighted by atomic mass is 10.0. The molecule has 0 aliphatic carbocycles. The van der Waals surface area contributed by atoms with E-state index in [1.165, 1.54) is 30.3 Å². The topological polar surface area (TPSA) is 110 Å². The fourth-order valence-corrected chi connectivity index (χ4v) is 2.98. The molecule has 0 bridgehead atoms. The van der Waals surface area contributed by atoms with Crippen LogP contribution < -0.4 is 5.32 Å². The summed E-state index contributed by atoms with van der Waals surface area (Å²) in [5.74, 6) is -1.67. The Kier molecular flexibility index (Phi) is 6.60. The molecule has 0 aliphatic rings. The standard InChI is InChI=1S/C16H17F3N2O5S/c1-27(24,25)8-11-6-13(26-21-11)9-2-4-10(5-3-9)14(22)12(7-17)20-16(23)15(18)19/h2-6,12,14-15,22H,7-8H2,1H3,(H,20,23)/t12-,14+/m1/s1. The predicted octanol–water partition coefficient (Wildman–Crippen LogP) is 1.64. The molecule has 1 heterocycles. The minimum atomic E-state index is -3.32. The summed E-state index contributed by atoms with van der Waals surface area (Å²) in [6.07, 6.45) is -3.80. The van der Waals surface area contributed by atoms with Crippen molar-refractivity contribution >= 4 is 15.7 Å². The van der Waals surface area contributed by atoms with Crippen LogP contribution in [0, 0.1) is 0 Å². The molecule has 11 heteroatoms. The minimum absolute atomic E-state index is 0.187. The molecule has 0 saturated carbocycles. The zero-order valence-corrected chi connectivity index (χ0v) is 14.9. The summed E-state index contributed by atoms with van der Waals surface area (Å²) in [5.41, 5.74) is 0.919. The number of aromatic nitrogens is 1. The summed E-state index contributed by atoms with van der Waals surface area (Å²) in [6, 6.07) is 5.70. The van der Waals surface area contributed by atoms with Gasteiger partial charge in [-0.3, -0.25) is 4.79 Å². The zero-order chi connectivity index (χ0) is 20.2. The maximum Gasteiger partial charge on any atom is 0.315 e. The van der Waals surface area contributed by atoms with Gasteiger partial charge in [0.05, 0.1) is 17.5 Å². The number of sulfone groups is 1. The average Bonchev–Trinajstić information content (AvgIpc) is 3.05. The van der Waals surface area contributed by atoms with Crippen molar-refractivity contribution in [3.63, 3.8) is 0 Å². The quantitative estimate of drug-likeness (QED) is 0.690. The Morgan fingerprint density at radius 2 is 1.93 bits per heavy atom. The number of aliphatic hydroxyl groups excluding tert-OH is 1. The molecule has 0 fully saturated rings. The highest BCUT2D eigenvalue weighted by Gasteiger charge is 2.26. The van der Waals surface area contributed by atoms with Gasteiger partial charge in [-0.05, 0) is 5.56 Å². The van der Waals surface area contributed by atoms with Crippen molar-refractivity contribution in [2.75, 3.05) is 12.9 Å². The highest BCUT2D eigenvalue weighted by atomic mass is 32.2. The van der Waals surface area contributed by atoms with Crippen LogP contribution in [0.25, 0.3) is 11.3 Å². The van der Waals surface area contributed by atoms with Crippen molar-refractivity contribution in [2.45, 2.75) is 24.3 Å². The second-order valence-corrected chi connectivity index (χ2v) is 8.03. The van der Waals surface area contributed by atoms with Crippen LogP contribution in [0.5, 0.6) is 0 Å². The number of benzene rings is 1. The predicted molar refractivity (Wildman–Crippen MR) is 89.4 cm³/mol. The number of nitrogens with one attached hydrogen (secondary N) is 1. The summed E-state index contributed by atoms with van der Waals surface area (Å²) in [6.45, 7) is -1.24. The number of halogens is 3. The molecule has 0 saturated heterocycles. The van der Waals surface area contributed by atoms with Gasteiger partial charge in [-0.2, -0.15) is 8.78 Å². The van der Waals surface area contributed by atoms with Crippen LogP contribution in [-0.2, 0) is 20.4 Å². The van der Waals surface area contributed by atoms with Crippen molar-refractivity contribution < 1.29 is 36.0 Å². The first kappa shape index (κ1) is 20.9.